The normalized spacial score (nSPS) is 10.6. The van der Waals surface area contributed by atoms with Crippen molar-refractivity contribution in [3.63, 3.8) is 0 Å². The molecule has 8 nitrogen and oxygen atoms in total. The van der Waals surface area contributed by atoms with Gasteiger partial charge in [0.1, 0.15) is 18.2 Å². The molecule has 0 N–H and O–H groups in total. The number of rotatable bonds is 4. The molecule has 9 heteroatoms. The summed E-state index contributed by atoms with van der Waals surface area (Å²) < 4.78 is 8.66. The number of halogens is 1. The van der Waals surface area contributed by atoms with Gasteiger partial charge in [-0.2, -0.15) is 5.26 Å². The first kappa shape index (κ1) is 16.9. The van der Waals surface area contributed by atoms with Gasteiger partial charge < -0.3 is 4.42 Å². The second-order valence-electron chi connectivity index (χ2n) is 5.12. The molecule has 0 amide bonds. The Balaban J connectivity index is 1.99. The molecule has 0 aliphatic heterocycles. The molecule has 0 spiro atoms. The summed E-state index contributed by atoms with van der Waals surface area (Å²) in [6.45, 7) is 1.88. The molecule has 126 valence electrons. The summed E-state index contributed by atoms with van der Waals surface area (Å²) >= 11 is 3.34. The number of aromatic nitrogens is 4. The molecule has 25 heavy (non-hydrogen) atoms. The predicted octanol–water partition coefficient (Wildman–Crippen LogP) is 1.76. The topological polar surface area (TPSA) is 107 Å². The van der Waals surface area contributed by atoms with E-state index in [0.29, 0.717) is 12.1 Å². The molecule has 0 aliphatic rings. The maximum atomic E-state index is 12.3. The van der Waals surface area contributed by atoms with Crippen LogP contribution in [-0.2, 0) is 13.1 Å². The molecule has 0 unspecified atom stereocenters. The number of benzene rings is 1. The van der Waals surface area contributed by atoms with Crippen LogP contribution in [0, 0.1) is 11.3 Å². The van der Waals surface area contributed by atoms with E-state index in [4.69, 9.17) is 9.68 Å². The fraction of sp³-hybridized carbons (Fsp3) is 0.188. The third kappa shape index (κ3) is 3.29. The molecule has 0 saturated heterocycles. The Kier molecular flexibility index (Phi) is 4.63. The van der Waals surface area contributed by atoms with Crippen LogP contribution in [0.3, 0.4) is 0 Å². The van der Waals surface area contributed by atoms with Gasteiger partial charge in [0.25, 0.3) is 5.56 Å². The highest BCUT2D eigenvalue weighted by atomic mass is 79.9. The van der Waals surface area contributed by atoms with Crippen molar-refractivity contribution in [3.05, 3.63) is 67.2 Å². The lowest BCUT2D eigenvalue weighted by Gasteiger charge is -2.07. The van der Waals surface area contributed by atoms with Crippen LogP contribution in [0.25, 0.3) is 11.5 Å². The van der Waals surface area contributed by atoms with Crippen LogP contribution >= 0.6 is 15.9 Å². The van der Waals surface area contributed by atoms with Gasteiger partial charge in [-0.1, -0.05) is 15.9 Å². The standard InChI is InChI=1S/C16H12BrN5O3/c1-2-21-8-11(7-18)15(23)22(16(21)24)9-13-19-20-14(25-13)10-3-5-12(17)6-4-10/h3-6,8H,2,9H2,1H3. The van der Waals surface area contributed by atoms with E-state index in [1.54, 1.807) is 25.1 Å². The van der Waals surface area contributed by atoms with Gasteiger partial charge in [0.15, 0.2) is 0 Å². The second kappa shape index (κ2) is 6.86. The van der Waals surface area contributed by atoms with Crippen molar-refractivity contribution in [3.8, 4) is 17.5 Å². The molecule has 0 radical (unpaired) electrons. The minimum Gasteiger partial charge on any atom is -0.419 e. The van der Waals surface area contributed by atoms with E-state index in [1.807, 2.05) is 12.1 Å². The first-order chi connectivity index (χ1) is 12.0. The summed E-state index contributed by atoms with van der Waals surface area (Å²) in [5.74, 6) is 0.387. The van der Waals surface area contributed by atoms with Crippen LogP contribution in [0.1, 0.15) is 18.4 Å². The minimum absolute atomic E-state index is 0.106. The molecular weight excluding hydrogens is 390 g/mol. The zero-order chi connectivity index (χ0) is 18.0. The van der Waals surface area contributed by atoms with Crippen molar-refractivity contribution in [1.29, 1.82) is 5.26 Å². The molecule has 0 aliphatic carbocycles. The summed E-state index contributed by atoms with van der Waals surface area (Å²) in [4.78, 5) is 24.6. The SMILES string of the molecule is CCn1cc(C#N)c(=O)n(Cc2nnc(-c3ccc(Br)cc3)o2)c1=O. The summed E-state index contributed by atoms with van der Waals surface area (Å²) in [5.41, 5.74) is -0.615. The maximum Gasteiger partial charge on any atom is 0.331 e. The van der Waals surface area contributed by atoms with Crippen molar-refractivity contribution >= 4 is 15.9 Å². The van der Waals surface area contributed by atoms with Crippen molar-refractivity contribution in [2.45, 2.75) is 20.0 Å². The van der Waals surface area contributed by atoms with Crippen LogP contribution in [0.2, 0.25) is 0 Å². The van der Waals surface area contributed by atoms with E-state index < -0.39 is 11.2 Å². The summed E-state index contributed by atoms with van der Waals surface area (Å²) in [7, 11) is 0. The Labute approximate surface area is 150 Å². The average Bonchev–Trinajstić information content (AvgIpc) is 3.08. The van der Waals surface area contributed by atoms with Crippen molar-refractivity contribution in [2.75, 3.05) is 0 Å². The molecular formula is C16H12BrN5O3. The highest BCUT2D eigenvalue weighted by Gasteiger charge is 2.15. The predicted molar refractivity (Wildman–Crippen MR) is 91.9 cm³/mol. The molecule has 2 aromatic heterocycles. The lowest BCUT2D eigenvalue weighted by atomic mass is 10.2. The third-order valence-corrected chi connectivity index (χ3v) is 4.08. The highest BCUT2D eigenvalue weighted by molar-refractivity contribution is 9.10. The molecule has 0 fully saturated rings. The third-order valence-electron chi connectivity index (χ3n) is 3.55. The first-order valence-electron chi connectivity index (χ1n) is 7.36. The van der Waals surface area contributed by atoms with E-state index in [1.165, 1.54) is 10.8 Å². The smallest absolute Gasteiger partial charge is 0.331 e. The van der Waals surface area contributed by atoms with Gasteiger partial charge >= 0.3 is 5.69 Å². The van der Waals surface area contributed by atoms with Crippen LogP contribution in [-0.4, -0.2) is 19.3 Å². The van der Waals surface area contributed by atoms with Crippen molar-refractivity contribution in [1.82, 2.24) is 19.3 Å². The number of nitriles is 1. The molecule has 3 aromatic rings. The van der Waals surface area contributed by atoms with Crippen molar-refractivity contribution < 1.29 is 4.42 Å². The Morgan fingerprint density at radius 1 is 1.24 bits per heavy atom. The van der Waals surface area contributed by atoms with E-state index in [0.717, 1.165) is 9.04 Å². The number of aryl methyl sites for hydroxylation is 1. The van der Waals surface area contributed by atoms with Gasteiger partial charge in [-0.15, -0.1) is 10.2 Å². The minimum atomic E-state index is -0.680. The van der Waals surface area contributed by atoms with Gasteiger partial charge in [-0.3, -0.25) is 9.36 Å². The maximum absolute atomic E-state index is 12.3. The zero-order valence-corrected chi connectivity index (χ0v) is 14.7. The van der Waals surface area contributed by atoms with E-state index in [2.05, 4.69) is 26.1 Å². The fourth-order valence-electron chi connectivity index (χ4n) is 2.26. The van der Waals surface area contributed by atoms with Gasteiger partial charge in [0.2, 0.25) is 11.8 Å². The van der Waals surface area contributed by atoms with Crippen molar-refractivity contribution in [2.24, 2.45) is 0 Å². The monoisotopic (exact) mass is 401 g/mol. The highest BCUT2D eigenvalue weighted by Crippen LogP contribution is 2.20. The number of hydrogen-bond donors (Lipinski definition) is 0. The second-order valence-corrected chi connectivity index (χ2v) is 6.04. The number of hydrogen-bond acceptors (Lipinski definition) is 6. The Morgan fingerprint density at radius 2 is 1.96 bits per heavy atom. The van der Waals surface area contributed by atoms with Crippen LogP contribution in [0.5, 0.6) is 0 Å². The van der Waals surface area contributed by atoms with Crippen LogP contribution in [0.4, 0.5) is 0 Å². The Hall–Kier alpha value is -2.99. The van der Waals surface area contributed by atoms with Gasteiger partial charge in [-0.05, 0) is 31.2 Å². The molecule has 1 aromatic carbocycles. The van der Waals surface area contributed by atoms with Crippen LogP contribution in [0.15, 0.2) is 48.9 Å². The van der Waals surface area contributed by atoms with Gasteiger partial charge in [-0.25, -0.2) is 9.36 Å². The Bertz CT molecular complexity index is 1070. The van der Waals surface area contributed by atoms with E-state index >= 15 is 0 Å². The zero-order valence-electron chi connectivity index (χ0n) is 13.1. The van der Waals surface area contributed by atoms with Gasteiger partial charge in [0.05, 0.1) is 0 Å². The number of nitrogens with zero attached hydrogens (tertiary/aromatic N) is 5. The quantitative estimate of drug-likeness (QED) is 0.658. The molecule has 0 bridgehead atoms. The molecule has 3 rings (SSSR count). The lowest BCUT2D eigenvalue weighted by molar-refractivity contribution is 0.469. The molecule has 0 saturated carbocycles. The largest absolute Gasteiger partial charge is 0.419 e. The Morgan fingerprint density at radius 3 is 2.60 bits per heavy atom. The summed E-state index contributed by atoms with van der Waals surface area (Å²) in [5, 5.41) is 16.9. The molecule has 0 atom stereocenters. The van der Waals surface area contributed by atoms with Gasteiger partial charge in [0, 0.05) is 22.8 Å². The van der Waals surface area contributed by atoms with E-state index in [-0.39, 0.29) is 23.9 Å². The summed E-state index contributed by atoms with van der Waals surface area (Å²) in [6.07, 6.45) is 1.25. The van der Waals surface area contributed by atoms with Crippen LogP contribution < -0.4 is 11.2 Å². The lowest BCUT2D eigenvalue weighted by Crippen LogP contribution is -2.41. The van der Waals surface area contributed by atoms with E-state index in [9.17, 15) is 9.59 Å². The fourth-order valence-corrected chi connectivity index (χ4v) is 2.52. The first-order valence-corrected chi connectivity index (χ1v) is 8.15. The molecule has 2 heterocycles. The summed E-state index contributed by atoms with van der Waals surface area (Å²) in [6, 6.07) is 9.06. The average molecular weight is 402 g/mol.